The minimum atomic E-state index is -4.30. The van der Waals surface area contributed by atoms with Crippen LogP contribution in [0.25, 0.3) is 0 Å². The number of aliphatic imine (C=N–C) groups is 1. The maximum absolute atomic E-state index is 12.7. The van der Waals surface area contributed by atoms with Gasteiger partial charge in [-0.05, 0) is 49.5 Å². The van der Waals surface area contributed by atoms with Crippen molar-refractivity contribution in [3.05, 3.63) is 35.4 Å². The first-order chi connectivity index (χ1) is 12.3. The van der Waals surface area contributed by atoms with Crippen LogP contribution in [0.1, 0.15) is 30.9 Å². The van der Waals surface area contributed by atoms with Crippen molar-refractivity contribution in [2.24, 2.45) is 10.9 Å². The van der Waals surface area contributed by atoms with Crippen molar-refractivity contribution in [1.29, 1.82) is 0 Å². The maximum Gasteiger partial charge on any atom is 0.416 e. The molecule has 1 aromatic rings. The van der Waals surface area contributed by atoms with Gasteiger partial charge in [0, 0.05) is 33.7 Å². The maximum atomic E-state index is 12.7. The molecular formula is C19H30F3IN4. The Morgan fingerprint density at radius 2 is 1.96 bits per heavy atom. The minimum absolute atomic E-state index is 0. The second-order valence-electron chi connectivity index (χ2n) is 6.88. The molecule has 4 nitrogen and oxygen atoms in total. The highest BCUT2D eigenvalue weighted by atomic mass is 127. The lowest BCUT2D eigenvalue weighted by Crippen LogP contribution is -2.44. The summed E-state index contributed by atoms with van der Waals surface area (Å²) in [5.41, 5.74) is 0.197. The van der Waals surface area contributed by atoms with E-state index in [1.54, 1.807) is 7.05 Å². The third-order valence-electron chi connectivity index (χ3n) is 4.87. The van der Waals surface area contributed by atoms with Crippen molar-refractivity contribution >= 4 is 29.9 Å². The number of hydrogen-bond donors (Lipinski definition) is 1. The van der Waals surface area contributed by atoms with Crippen LogP contribution in [0.3, 0.4) is 0 Å². The zero-order chi connectivity index (χ0) is 19.2. The Balaban J connectivity index is 0.00000364. The van der Waals surface area contributed by atoms with Crippen LogP contribution in [0.4, 0.5) is 13.2 Å². The van der Waals surface area contributed by atoms with Gasteiger partial charge in [0.05, 0.1) is 5.56 Å². The molecule has 0 aromatic heterocycles. The lowest BCUT2D eigenvalue weighted by molar-refractivity contribution is -0.137. The van der Waals surface area contributed by atoms with Gasteiger partial charge in [0.25, 0.3) is 0 Å². The number of likely N-dealkylation sites (tertiary alicyclic amines) is 1. The van der Waals surface area contributed by atoms with E-state index in [1.165, 1.54) is 31.5 Å². The monoisotopic (exact) mass is 498 g/mol. The first kappa shape index (κ1) is 24.0. The Bertz CT molecular complexity index is 590. The smallest absolute Gasteiger partial charge is 0.356 e. The van der Waals surface area contributed by atoms with Crippen LogP contribution in [0, 0.1) is 5.92 Å². The largest absolute Gasteiger partial charge is 0.416 e. The SMILES string of the molecule is CCN1CCCC(CNC(=NC)N(C)Cc2ccc(C(F)(F)F)cc2)C1.I. The average Bonchev–Trinajstić information content (AvgIpc) is 2.62. The van der Waals surface area contributed by atoms with Gasteiger partial charge in [0.2, 0.25) is 0 Å². The Hall–Kier alpha value is -1.03. The fourth-order valence-corrected chi connectivity index (χ4v) is 3.37. The van der Waals surface area contributed by atoms with Crippen molar-refractivity contribution in [2.45, 2.75) is 32.5 Å². The molecule has 1 unspecified atom stereocenters. The number of piperidine rings is 1. The van der Waals surface area contributed by atoms with Crippen molar-refractivity contribution < 1.29 is 13.2 Å². The molecule has 1 aromatic carbocycles. The first-order valence-corrected chi connectivity index (χ1v) is 9.13. The molecule has 0 spiro atoms. The van der Waals surface area contributed by atoms with Gasteiger partial charge < -0.3 is 15.1 Å². The summed E-state index contributed by atoms with van der Waals surface area (Å²) < 4.78 is 38.0. The molecule has 8 heteroatoms. The standard InChI is InChI=1S/C19H29F3N4.HI/c1-4-26-11-5-6-16(14-26)12-24-18(23-2)25(3)13-15-7-9-17(10-8-15)19(20,21)22;/h7-10,16H,4-6,11-14H2,1-3H3,(H,23,24);1H. The van der Waals surface area contributed by atoms with E-state index in [9.17, 15) is 13.2 Å². The highest BCUT2D eigenvalue weighted by molar-refractivity contribution is 14.0. The quantitative estimate of drug-likeness (QED) is 0.378. The fourth-order valence-electron chi connectivity index (χ4n) is 3.37. The summed E-state index contributed by atoms with van der Waals surface area (Å²) in [7, 11) is 3.62. The number of nitrogens with one attached hydrogen (secondary N) is 1. The second kappa shape index (κ2) is 11.1. The fraction of sp³-hybridized carbons (Fsp3) is 0.632. The molecule has 1 aliphatic heterocycles. The van der Waals surface area contributed by atoms with E-state index in [2.05, 4.69) is 22.1 Å². The van der Waals surface area contributed by atoms with E-state index in [0.717, 1.165) is 43.3 Å². The van der Waals surface area contributed by atoms with Crippen molar-refractivity contribution in [2.75, 3.05) is 40.3 Å². The van der Waals surface area contributed by atoms with Gasteiger partial charge in [-0.3, -0.25) is 4.99 Å². The topological polar surface area (TPSA) is 30.9 Å². The third-order valence-corrected chi connectivity index (χ3v) is 4.87. The van der Waals surface area contributed by atoms with Gasteiger partial charge in [-0.15, -0.1) is 24.0 Å². The summed E-state index contributed by atoms with van der Waals surface area (Å²) in [6.45, 7) is 6.91. The molecule has 1 heterocycles. The molecule has 154 valence electrons. The van der Waals surface area contributed by atoms with E-state index >= 15 is 0 Å². The number of benzene rings is 1. The molecule has 2 rings (SSSR count). The predicted molar refractivity (Wildman–Crippen MR) is 115 cm³/mol. The zero-order valence-electron chi connectivity index (χ0n) is 16.2. The number of nitrogens with zero attached hydrogens (tertiary/aromatic N) is 3. The molecule has 0 radical (unpaired) electrons. The van der Waals surface area contributed by atoms with Gasteiger partial charge in [-0.1, -0.05) is 19.1 Å². The number of alkyl halides is 3. The van der Waals surface area contributed by atoms with E-state index < -0.39 is 11.7 Å². The molecule has 1 atom stereocenters. The number of halogens is 4. The van der Waals surface area contributed by atoms with Gasteiger partial charge in [-0.2, -0.15) is 13.2 Å². The van der Waals surface area contributed by atoms with Crippen LogP contribution in [0.5, 0.6) is 0 Å². The van der Waals surface area contributed by atoms with Gasteiger partial charge in [0.1, 0.15) is 0 Å². The second-order valence-corrected chi connectivity index (χ2v) is 6.88. The van der Waals surface area contributed by atoms with Crippen LogP contribution >= 0.6 is 24.0 Å². The summed E-state index contributed by atoms with van der Waals surface area (Å²) in [6, 6.07) is 5.29. The molecule has 1 N–H and O–H groups in total. The summed E-state index contributed by atoms with van der Waals surface area (Å²) in [4.78, 5) is 8.70. The normalized spacial score (nSPS) is 18.7. The van der Waals surface area contributed by atoms with Crippen LogP contribution in [0.15, 0.2) is 29.3 Å². The van der Waals surface area contributed by atoms with E-state index in [4.69, 9.17) is 0 Å². The Labute approximate surface area is 177 Å². The Kier molecular flexibility index (Phi) is 9.86. The number of guanidine groups is 1. The molecule has 0 saturated carbocycles. The van der Waals surface area contributed by atoms with Crippen LogP contribution in [-0.2, 0) is 12.7 Å². The average molecular weight is 498 g/mol. The molecular weight excluding hydrogens is 468 g/mol. The molecule has 0 aliphatic carbocycles. The van der Waals surface area contributed by atoms with Gasteiger partial charge in [-0.25, -0.2) is 0 Å². The summed E-state index contributed by atoms with van der Waals surface area (Å²) >= 11 is 0. The highest BCUT2D eigenvalue weighted by Gasteiger charge is 2.30. The predicted octanol–water partition coefficient (Wildman–Crippen LogP) is 4.06. The van der Waals surface area contributed by atoms with Crippen LogP contribution < -0.4 is 5.32 Å². The van der Waals surface area contributed by atoms with Crippen molar-refractivity contribution in [3.8, 4) is 0 Å². The molecule has 27 heavy (non-hydrogen) atoms. The summed E-state index contributed by atoms with van der Waals surface area (Å²) in [5.74, 6) is 1.36. The molecule has 0 bridgehead atoms. The van der Waals surface area contributed by atoms with Crippen molar-refractivity contribution in [3.63, 3.8) is 0 Å². The van der Waals surface area contributed by atoms with E-state index in [-0.39, 0.29) is 24.0 Å². The number of rotatable bonds is 5. The molecule has 1 saturated heterocycles. The molecule has 0 amide bonds. The zero-order valence-corrected chi connectivity index (χ0v) is 18.6. The van der Waals surface area contributed by atoms with Crippen LogP contribution in [0.2, 0.25) is 0 Å². The lowest BCUT2D eigenvalue weighted by Gasteiger charge is -2.33. The molecule has 1 aliphatic rings. The lowest BCUT2D eigenvalue weighted by atomic mass is 9.98. The Morgan fingerprint density at radius 3 is 2.52 bits per heavy atom. The minimum Gasteiger partial charge on any atom is -0.356 e. The molecule has 1 fully saturated rings. The van der Waals surface area contributed by atoms with Gasteiger partial charge >= 0.3 is 6.18 Å². The Morgan fingerprint density at radius 1 is 1.30 bits per heavy atom. The van der Waals surface area contributed by atoms with Gasteiger partial charge in [0.15, 0.2) is 5.96 Å². The van der Waals surface area contributed by atoms with Crippen LogP contribution in [-0.4, -0.2) is 56.0 Å². The summed E-state index contributed by atoms with van der Waals surface area (Å²) in [6.07, 6.45) is -1.86. The summed E-state index contributed by atoms with van der Waals surface area (Å²) in [5, 5.41) is 3.41. The van der Waals surface area contributed by atoms with E-state index in [1.807, 2.05) is 11.9 Å². The third kappa shape index (κ3) is 7.48. The van der Waals surface area contributed by atoms with Crippen molar-refractivity contribution in [1.82, 2.24) is 15.1 Å². The number of hydrogen-bond acceptors (Lipinski definition) is 2. The first-order valence-electron chi connectivity index (χ1n) is 9.13. The highest BCUT2D eigenvalue weighted by Crippen LogP contribution is 2.29. The van der Waals surface area contributed by atoms with E-state index in [0.29, 0.717) is 12.5 Å².